The molecule has 1 saturated heterocycles. The lowest BCUT2D eigenvalue weighted by Crippen LogP contribution is -2.32. The van der Waals surface area contributed by atoms with E-state index in [2.05, 4.69) is 0 Å². The molecule has 1 atom stereocenters. The first kappa shape index (κ1) is 15.3. The van der Waals surface area contributed by atoms with Crippen molar-refractivity contribution in [2.45, 2.75) is 16.6 Å². The van der Waals surface area contributed by atoms with Crippen LogP contribution >= 0.6 is 0 Å². The van der Waals surface area contributed by atoms with Gasteiger partial charge in [0.25, 0.3) is 0 Å². The van der Waals surface area contributed by atoms with E-state index in [1.165, 1.54) is 0 Å². The van der Waals surface area contributed by atoms with Gasteiger partial charge in [0.05, 0.1) is 5.25 Å². The van der Waals surface area contributed by atoms with Crippen molar-refractivity contribution in [3.05, 3.63) is 29.8 Å². The fraction of sp³-hybridized carbons (Fsp3) is 0.455. The molecule has 1 heterocycles. The number of sulfone groups is 1. The molecule has 0 amide bonds. The lowest BCUT2D eigenvalue weighted by atomic mass is 10.3. The monoisotopic (exact) mass is 325 g/mol. The highest BCUT2D eigenvalue weighted by Gasteiger charge is 2.38. The fourth-order valence-corrected chi connectivity index (χ4v) is 4.71. The molecule has 0 spiro atoms. The summed E-state index contributed by atoms with van der Waals surface area (Å²) in [5.74, 6) is -2.07. The van der Waals surface area contributed by atoms with Crippen LogP contribution in [0.1, 0.15) is 6.42 Å². The van der Waals surface area contributed by atoms with Gasteiger partial charge in [-0.1, -0.05) is 0 Å². The lowest BCUT2D eigenvalue weighted by Gasteiger charge is -2.16. The summed E-state index contributed by atoms with van der Waals surface area (Å²) >= 11 is 0. The quantitative estimate of drug-likeness (QED) is 0.823. The molecule has 0 aromatic heterocycles. The third-order valence-corrected chi connectivity index (χ3v) is 6.72. The third-order valence-electron chi connectivity index (χ3n) is 3.22. The van der Waals surface area contributed by atoms with Crippen molar-refractivity contribution in [1.29, 1.82) is 0 Å². The van der Waals surface area contributed by atoms with Crippen LogP contribution in [0.2, 0.25) is 0 Å². The highest BCUT2D eigenvalue weighted by atomic mass is 32.2. The van der Waals surface area contributed by atoms with Crippen LogP contribution in [0.15, 0.2) is 23.1 Å². The molecule has 0 radical (unpaired) electrons. The van der Waals surface area contributed by atoms with E-state index in [0.29, 0.717) is 6.07 Å². The maximum atomic E-state index is 13.6. The molecule has 0 bridgehead atoms. The average Bonchev–Trinajstić information content (AvgIpc) is 2.77. The number of hydrogen-bond acceptors (Lipinski definition) is 4. The summed E-state index contributed by atoms with van der Waals surface area (Å²) in [4.78, 5) is -0.645. The second-order valence-electron chi connectivity index (χ2n) is 4.68. The van der Waals surface area contributed by atoms with Crippen LogP contribution in [0.5, 0.6) is 0 Å². The number of sulfonamides is 1. The SMILES string of the molecule is CS(=O)(=O)C1CCN(S(=O)(=O)c2ccc(F)cc2F)C1. The Balaban J connectivity index is 2.33. The molecule has 2 rings (SSSR count). The Morgan fingerprint density at radius 3 is 2.35 bits per heavy atom. The van der Waals surface area contributed by atoms with Crippen molar-refractivity contribution in [2.24, 2.45) is 0 Å². The van der Waals surface area contributed by atoms with Crippen LogP contribution in [-0.4, -0.2) is 45.7 Å². The van der Waals surface area contributed by atoms with Gasteiger partial charge in [0.1, 0.15) is 16.5 Å². The van der Waals surface area contributed by atoms with Gasteiger partial charge in [0.15, 0.2) is 9.84 Å². The fourth-order valence-electron chi connectivity index (χ4n) is 2.09. The Bertz CT molecular complexity index is 731. The minimum absolute atomic E-state index is 0.00309. The highest BCUT2D eigenvalue weighted by Crippen LogP contribution is 2.26. The number of rotatable bonds is 3. The van der Waals surface area contributed by atoms with Crippen molar-refractivity contribution >= 4 is 19.9 Å². The van der Waals surface area contributed by atoms with E-state index in [1.807, 2.05) is 0 Å². The van der Waals surface area contributed by atoms with Crippen LogP contribution in [0.3, 0.4) is 0 Å². The van der Waals surface area contributed by atoms with E-state index in [4.69, 9.17) is 0 Å². The molecule has 1 fully saturated rings. The van der Waals surface area contributed by atoms with Gasteiger partial charge >= 0.3 is 0 Å². The van der Waals surface area contributed by atoms with E-state index < -0.39 is 41.6 Å². The molecule has 1 aromatic carbocycles. The van der Waals surface area contributed by atoms with E-state index in [9.17, 15) is 25.6 Å². The van der Waals surface area contributed by atoms with Crippen molar-refractivity contribution in [3.63, 3.8) is 0 Å². The average molecular weight is 325 g/mol. The Morgan fingerprint density at radius 2 is 1.85 bits per heavy atom. The smallest absolute Gasteiger partial charge is 0.229 e. The first-order chi connectivity index (χ1) is 9.12. The zero-order valence-electron chi connectivity index (χ0n) is 10.6. The van der Waals surface area contributed by atoms with Crippen LogP contribution in [0, 0.1) is 11.6 Å². The number of hydrogen-bond donors (Lipinski definition) is 0. The van der Waals surface area contributed by atoms with Gasteiger partial charge in [0.2, 0.25) is 10.0 Å². The van der Waals surface area contributed by atoms with Crippen LogP contribution in [-0.2, 0) is 19.9 Å². The third kappa shape index (κ3) is 2.84. The molecule has 9 heteroatoms. The Morgan fingerprint density at radius 1 is 1.20 bits per heavy atom. The van der Waals surface area contributed by atoms with E-state index in [1.54, 1.807) is 0 Å². The minimum Gasteiger partial charge on any atom is -0.229 e. The molecule has 20 heavy (non-hydrogen) atoms. The molecule has 0 N–H and O–H groups in total. The van der Waals surface area contributed by atoms with Gasteiger partial charge < -0.3 is 0 Å². The summed E-state index contributed by atoms with van der Waals surface area (Å²) in [6, 6.07) is 2.17. The number of halogens is 2. The van der Waals surface area contributed by atoms with Gasteiger partial charge in [-0.2, -0.15) is 4.31 Å². The minimum atomic E-state index is -4.15. The molecule has 1 aromatic rings. The first-order valence-corrected chi connectivity index (χ1v) is 9.16. The van der Waals surface area contributed by atoms with Crippen molar-refractivity contribution in [3.8, 4) is 0 Å². The second-order valence-corrected chi connectivity index (χ2v) is 8.91. The normalized spacial score (nSPS) is 21.2. The first-order valence-electron chi connectivity index (χ1n) is 5.76. The predicted molar refractivity (Wildman–Crippen MR) is 68.4 cm³/mol. The maximum Gasteiger partial charge on any atom is 0.246 e. The van der Waals surface area contributed by atoms with Gasteiger partial charge in [-0.05, 0) is 18.6 Å². The summed E-state index contributed by atoms with van der Waals surface area (Å²) < 4.78 is 74.5. The van der Waals surface area contributed by atoms with Gasteiger partial charge in [-0.25, -0.2) is 25.6 Å². The summed E-state index contributed by atoms with van der Waals surface area (Å²) in [5, 5.41) is -0.791. The maximum absolute atomic E-state index is 13.6. The largest absolute Gasteiger partial charge is 0.246 e. The van der Waals surface area contributed by atoms with E-state index in [-0.39, 0.29) is 19.5 Å². The van der Waals surface area contributed by atoms with Crippen molar-refractivity contribution in [1.82, 2.24) is 4.31 Å². The highest BCUT2D eigenvalue weighted by molar-refractivity contribution is 7.91. The molecule has 5 nitrogen and oxygen atoms in total. The van der Waals surface area contributed by atoms with Gasteiger partial charge in [-0.15, -0.1) is 0 Å². The standard InChI is InChI=1S/C11H13F2NO4S2/c1-19(15,16)9-4-5-14(7-9)20(17,18)11-3-2-8(12)6-10(11)13/h2-3,6,9H,4-5,7H2,1H3. The summed E-state index contributed by atoms with van der Waals surface area (Å²) in [6.07, 6.45) is 1.20. The van der Waals surface area contributed by atoms with Gasteiger partial charge in [-0.3, -0.25) is 0 Å². The molecule has 1 unspecified atom stereocenters. The molecule has 1 aliphatic heterocycles. The lowest BCUT2D eigenvalue weighted by molar-refractivity contribution is 0.467. The van der Waals surface area contributed by atoms with Crippen LogP contribution in [0.4, 0.5) is 8.78 Å². The second kappa shape index (κ2) is 5.05. The molecule has 1 aliphatic rings. The Hall–Kier alpha value is -1.06. The Kier molecular flexibility index (Phi) is 3.87. The molecule has 0 aliphatic carbocycles. The van der Waals surface area contributed by atoms with Crippen molar-refractivity contribution in [2.75, 3.05) is 19.3 Å². The molecule has 112 valence electrons. The van der Waals surface area contributed by atoms with Crippen LogP contribution < -0.4 is 0 Å². The summed E-state index contributed by atoms with van der Waals surface area (Å²) in [7, 11) is -7.51. The molecule has 0 saturated carbocycles. The zero-order chi connectivity index (χ0) is 15.1. The van der Waals surface area contributed by atoms with Crippen molar-refractivity contribution < 1.29 is 25.6 Å². The van der Waals surface area contributed by atoms with E-state index >= 15 is 0 Å². The van der Waals surface area contributed by atoms with Crippen LogP contribution in [0.25, 0.3) is 0 Å². The number of nitrogens with zero attached hydrogens (tertiary/aromatic N) is 1. The summed E-state index contributed by atoms with van der Waals surface area (Å²) in [6.45, 7) is -0.213. The molecular weight excluding hydrogens is 312 g/mol. The topological polar surface area (TPSA) is 71.5 Å². The summed E-state index contributed by atoms with van der Waals surface area (Å²) in [5.41, 5.74) is 0. The van der Waals surface area contributed by atoms with Gasteiger partial charge in [0, 0.05) is 25.4 Å². The molecular formula is C11H13F2NO4S2. The van der Waals surface area contributed by atoms with E-state index in [0.717, 1.165) is 22.7 Å². The zero-order valence-corrected chi connectivity index (χ0v) is 12.2. The Labute approximate surface area is 116 Å². The number of benzene rings is 1. The predicted octanol–water partition coefficient (Wildman–Crippen LogP) is 0.772.